The zero-order valence-electron chi connectivity index (χ0n) is 25.9. The van der Waals surface area contributed by atoms with Gasteiger partial charge in [-0.15, -0.1) is 0 Å². The summed E-state index contributed by atoms with van der Waals surface area (Å²) in [6, 6.07) is 48.9. The number of nitrogens with zero attached hydrogens (tertiary/aromatic N) is 1. The topological polar surface area (TPSA) is 38.8 Å². The number of fused-ring (bicyclic) bond motifs is 9. The summed E-state index contributed by atoms with van der Waals surface area (Å²) >= 11 is 0. The highest BCUT2D eigenvalue weighted by atomic mass is 16.5. The molecule has 0 saturated heterocycles. The van der Waals surface area contributed by atoms with Gasteiger partial charge in [-0.1, -0.05) is 97.1 Å². The van der Waals surface area contributed by atoms with Crippen LogP contribution in [0.15, 0.2) is 179 Å². The maximum absolute atomic E-state index is 6.88. The molecule has 1 aliphatic heterocycles. The predicted octanol–water partition coefficient (Wildman–Crippen LogP) is 11.8. The summed E-state index contributed by atoms with van der Waals surface area (Å²) in [5.41, 5.74) is 9.31. The number of hydrogen-bond acceptors (Lipinski definition) is 4. The lowest BCUT2D eigenvalue weighted by molar-refractivity contribution is 0.270. The molecule has 228 valence electrons. The first-order chi connectivity index (χ1) is 23.8. The molecule has 0 N–H and O–H groups in total. The molecule has 0 spiro atoms. The molecule has 6 aromatic carbocycles. The number of allylic oxidation sites excluding steroid dienone is 1. The van der Waals surface area contributed by atoms with Gasteiger partial charge in [-0.2, -0.15) is 0 Å². The Bertz CT molecular complexity index is 2510. The van der Waals surface area contributed by atoms with Crippen LogP contribution in [0.1, 0.15) is 11.5 Å². The van der Waals surface area contributed by atoms with E-state index in [2.05, 4.69) is 144 Å². The fourth-order valence-electron chi connectivity index (χ4n) is 7.45. The zero-order chi connectivity index (χ0) is 31.6. The molecule has 0 radical (unpaired) electrons. The highest BCUT2D eigenvalue weighted by Gasteiger charge is 2.37. The van der Waals surface area contributed by atoms with Gasteiger partial charge in [-0.05, 0) is 75.8 Å². The van der Waals surface area contributed by atoms with E-state index in [1.165, 1.54) is 32.8 Å². The van der Waals surface area contributed by atoms with E-state index >= 15 is 0 Å². The maximum Gasteiger partial charge on any atom is 0.173 e. The van der Waals surface area contributed by atoms with Gasteiger partial charge in [0, 0.05) is 51.6 Å². The first-order valence-corrected chi connectivity index (χ1v) is 16.3. The number of rotatable bonds is 5. The first kappa shape index (κ1) is 26.9. The van der Waals surface area contributed by atoms with Crippen LogP contribution in [0.3, 0.4) is 0 Å². The molecule has 2 atom stereocenters. The minimum Gasteiger partial charge on any atom is -0.484 e. The molecular weight excluding hydrogens is 590 g/mol. The van der Waals surface area contributed by atoms with E-state index in [9.17, 15) is 0 Å². The molecule has 0 saturated carbocycles. The van der Waals surface area contributed by atoms with Gasteiger partial charge in [-0.3, -0.25) is 0 Å². The van der Waals surface area contributed by atoms with Gasteiger partial charge in [0.1, 0.15) is 17.6 Å². The van der Waals surface area contributed by atoms with Crippen LogP contribution in [0, 0.1) is 0 Å². The van der Waals surface area contributed by atoms with Crippen LogP contribution < -0.4 is 9.64 Å². The number of anilines is 2. The Morgan fingerprint density at radius 3 is 1.90 bits per heavy atom. The smallest absolute Gasteiger partial charge is 0.173 e. The summed E-state index contributed by atoms with van der Waals surface area (Å²) in [5, 5.41) is 4.92. The standard InChI is InChI=1S/C44H29NO3/c1-2-8-28(9-3-1)29-14-18-31(19-15-29)45(32-20-16-30(17-21-32)40-27-42-39(47-40)24-25-46-42)33-22-23-38-41(26-33)48-44-37-13-7-5-11-35(37)34-10-4-6-12-36(34)43(38)44/h1-27,38,41H. The lowest BCUT2D eigenvalue weighted by atomic mass is 9.85. The fourth-order valence-corrected chi connectivity index (χ4v) is 7.45. The van der Waals surface area contributed by atoms with Gasteiger partial charge in [-0.25, -0.2) is 0 Å². The van der Waals surface area contributed by atoms with Crippen molar-refractivity contribution in [1.82, 2.24) is 0 Å². The van der Waals surface area contributed by atoms with Crippen LogP contribution in [0.4, 0.5) is 11.4 Å². The van der Waals surface area contributed by atoms with Gasteiger partial charge < -0.3 is 18.5 Å². The summed E-state index contributed by atoms with van der Waals surface area (Å²) < 4.78 is 18.5. The highest BCUT2D eigenvalue weighted by Crippen LogP contribution is 2.51. The van der Waals surface area contributed by atoms with E-state index in [0.717, 1.165) is 50.7 Å². The second-order valence-corrected chi connectivity index (χ2v) is 12.4. The quantitative estimate of drug-likeness (QED) is 0.180. The third kappa shape index (κ3) is 4.23. The highest BCUT2D eigenvalue weighted by molar-refractivity contribution is 6.13. The minimum absolute atomic E-state index is 0.125. The molecule has 4 heteroatoms. The minimum atomic E-state index is -0.127. The summed E-state index contributed by atoms with van der Waals surface area (Å²) in [7, 11) is 0. The van der Waals surface area contributed by atoms with Crippen LogP contribution in [-0.4, -0.2) is 6.10 Å². The largest absolute Gasteiger partial charge is 0.484 e. The lowest BCUT2D eigenvalue weighted by Crippen LogP contribution is -2.24. The van der Waals surface area contributed by atoms with E-state index in [0.29, 0.717) is 0 Å². The first-order valence-electron chi connectivity index (χ1n) is 16.3. The van der Waals surface area contributed by atoms with E-state index in [4.69, 9.17) is 13.6 Å². The number of furan rings is 2. The van der Waals surface area contributed by atoms with Crippen molar-refractivity contribution < 1.29 is 13.6 Å². The Kier molecular flexibility index (Phi) is 5.97. The van der Waals surface area contributed by atoms with E-state index in [1.807, 2.05) is 18.2 Å². The van der Waals surface area contributed by atoms with Crippen LogP contribution in [0.2, 0.25) is 0 Å². The van der Waals surface area contributed by atoms with Crippen LogP contribution in [0.25, 0.3) is 55.2 Å². The molecule has 2 aliphatic rings. The number of ether oxygens (including phenoxy) is 1. The molecule has 1 aliphatic carbocycles. The molecule has 4 nitrogen and oxygen atoms in total. The molecule has 0 fully saturated rings. The van der Waals surface area contributed by atoms with E-state index < -0.39 is 0 Å². The molecule has 10 rings (SSSR count). The average Bonchev–Trinajstić information content (AvgIpc) is 3.87. The second-order valence-electron chi connectivity index (χ2n) is 12.4. The Hall–Kier alpha value is -6.26. The van der Waals surface area contributed by atoms with Gasteiger partial charge >= 0.3 is 0 Å². The fraction of sp³-hybridized carbons (Fsp3) is 0.0455. The Balaban J connectivity index is 1.06. The summed E-state index contributed by atoms with van der Waals surface area (Å²) in [6.07, 6.45) is 8.38. The third-order valence-electron chi connectivity index (χ3n) is 9.71. The van der Waals surface area contributed by atoms with Crippen LogP contribution in [-0.2, 0) is 0 Å². The summed E-state index contributed by atoms with van der Waals surface area (Å²) in [6.45, 7) is 0. The van der Waals surface area contributed by atoms with Crippen molar-refractivity contribution in [2.75, 3.05) is 4.90 Å². The normalized spacial score (nSPS) is 16.5. The molecule has 48 heavy (non-hydrogen) atoms. The Morgan fingerprint density at radius 1 is 0.542 bits per heavy atom. The monoisotopic (exact) mass is 619 g/mol. The molecule has 0 bridgehead atoms. The predicted molar refractivity (Wildman–Crippen MR) is 194 cm³/mol. The van der Waals surface area contributed by atoms with Crippen molar-refractivity contribution in [2.24, 2.45) is 0 Å². The van der Waals surface area contributed by atoms with E-state index in [1.54, 1.807) is 6.26 Å². The van der Waals surface area contributed by atoms with Gasteiger partial charge in [0.25, 0.3) is 0 Å². The summed E-state index contributed by atoms with van der Waals surface area (Å²) in [5.74, 6) is 1.90. The van der Waals surface area contributed by atoms with Crippen molar-refractivity contribution in [3.05, 3.63) is 175 Å². The van der Waals surface area contributed by atoms with Gasteiger partial charge in [0.15, 0.2) is 11.2 Å². The second kappa shape index (κ2) is 10.6. The zero-order valence-corrected chi connectivity index (χ0v) is 25.9. The lowest BCUT2D eigenvalue weighted by Gasteiger charge is -2.30. The SMILES string of the molecule is C1=CC2c3c(c4ccccc4c4ccccc34)OC2C=C1N(c1ccc(-c2ccccc2)cc1)c1ccc(-c2cc3occc3o2)cc1. The molecule has 3 heterocycles. The molecular formula is C44H29NO3. The molecule has 2 unspecified atom stereocenters. The van der Waals surface area contributed by atoms with E-state index in [-0.39, 0.29) is 12.0 Å². The molecule has 8 aromatic rings. The Morgan fingerprint density at radius 2 is 1.17 bits per heavy atom. The number of benzene rings is 6. The maximum atomic E-state index is 6.88. The third-order valence-corrected chi connectivity index (χ3v) is 9.71. The van der Waals surface area contributed by atoms with Crippen molar-refractivity contribution >= 4 is 44.1 Å². The molecule has 2 aromatic heterocycles. The van der Waals surface area contributed by atoms with Crippen molar-refractivity contribution in [1.29, 1.82) is 0 Å². The van der Waals surface area contributed by atoms with Gasteiger partial charge in [0.05, 0.1) is 6.26 Å². The summed E-state index contributed by atoms with van der Waals surface area (Å²) in [4.78, 5) is 2.31. The molecule has 0 amide bonds. The van der Waals surface area contributed by atoms with Crippen molar-refractivity contribution in [2.45, 2.75) is 12.0 Å². The van der Waals surface area contributed by atoms with Crippen LogP contribution in [0.5, 0.6) is 5.75 Å². The number of hydrogen-bond donors (Lipinski definition) is 0. The van der Waals surface area contributed by atoms with Crippen LogP contribution >= 0.6 is 0 Å². The average molecular weight is 620 g/mol. The van der Waals surface area contributed by atoms with Crippen molar-refractivity contribution in [3.63, 3.8) is 0 Å². The van der Waals surface area contributed by atoms with Gasteiger partial charge in [0.2, 0.25) is 0 Å². The van der Waals surface area contributed by atoms with Crippen molar-refractivity contribution in [3.8, 4) is 28.2 Å². The Labute approximate surface area is 277 Å².